The number of carbonyl (C=O) groups excluding carboxylic acids is 2. The Morgan fingerprint density at radius 1 is 1.17 bits per heavy atom. The first-order chi connectivity index (χ1) is 14.3. The molecule has 2 aliphatic rings. The molecule has 1 aromatic heterocycles. The number of hydrogen-bond donors (Lipinski definition) is 3. The van der Waals surface area contributed by atoms with Gasteiger partial charge in [-0.05, 0) is 57.4 Å². The van der Waals surface area contributed by atoms with E-state index in [9.17, 15) is 14.4 Å². The zero-order chi connectivity index (χ0) is 21.4. The second kappa shape index (κ2) is 8.10. The van der Waals surface area contributed by atoms with Crippen LogP contribution in [-0.4, -0.2) is 33.9 Å². The molecule has 1 saturated heterocycles. The number of nitrogens with one attached hydrogen (secondary N) is 3. The molecule has 3 N–H and O–H groups in total. The summed E-state index contributed by atoms with van der Waals surface area (Å²) in [5, 5.41) is 5.97. The van der Waals surface area contributed by atoms with E-state index < -0.39 is 17.4 Å². The van der Waals surface area contributed by atoms with Gasteiger partial charge in [0.2, 0.25) is 17.8 Å². The molecule has 30 heavy (non-hydrogen) atoms. The summed E-state index contributed by atoms with van der Waals surface area (Å²) in [5.74, 6) is -1.12. The predicted molar refractivity (Wildman–Crippen MR) is 116 cm³/mol. The third-order valence-electron chi connectivity index (χ3n) is 5.80. The van der Waals surface area contributed by atoms with Gasteiger partial charge in [0.1, 0.15) is 5.82 Å². The van der Waals surface area contributed by atoms with Crippen LogP contribution >= 0.6 is 11.6 Å². The Labute approximate surface area is 179 Å². The van der Waals surface area contributed by atoms with Crippen LogP contribution in [0.3, 0.4) is 0 Å². The van der Waals surface area contributed by atoms with E-state index >= 15 is 0 Å². The van der Waals surface area contributed by atoms with Crippen molar-refractivity contribution in [2.75, 3.05) is 15.5 Å². The summed E-state index contributed by atoms with van der Waals surface area (Å²) in [6.45, 7) is 4.19. The van der Waals surface area contributed by atoms with Crippen molar-refractivity contribution in [3.63, 3.8) is 0 Å². The van der Waals surface area contributed by atoms with Gasteiger partial charge >= 0.3 is 0 Å². The molecule has 0 spiro atoms. The van der Waals surface area contributed by atoms with E-state index in [1.807, 2.05) is 0 Å². The number of halogens is 1. The molecule has 3 atom stereocenters. The second-order valence-electron chi connectivity index (χ2n) is 7.99. The van der Waals surface area contributed by atoms with Crippen LogP contribution in [0.2, 0.25) is 5.02 Å². The Balaban J connectivity index is 1.67. The summed E-state index contributed by atoms with van der Waals surface area (Å²) in [4.78, 5) is 47.6. The Morgan fingerprint density at radius 3 is 2.50 bits per heavy atom. The fourth-order valence-corrected chi connectivity index (χ4v) is 4.43. The smallest absolute Gasteiger partial charge is 0.258 e. The number of hydrogen-bond acceptors (Lipinski definition) is 5. The monoisotopic (exact) mass is 429 g/mol. The largest absolute Gasteiger partial charge is 0.337 e. The Kier molecular flexibility index (Phi) is 5.51. The maximum absolute atomic E-state index is 13.0. The van der Waals surface area contributed by atoms with E-state index in [0.717, 1.165) is 19.3 Å². The standard InChI is InChI=1S/C21H24ClN5O3/c1-11-4-3-5-12(2)27(11)21-25-18-17(20(30)26-21)15(10-16(28)24-18)19(29)23-14-8-6-13(22)7-9-14/h6-9,11-12,15H,3-5,10H2,1-2H3,(H,23,29)(H2,24,25,26,28,30)/t11-,12+,15-/m1/s1. The average Bonchev–Trinajstić information content (AvgIpc) is 2.68. The molecule has 2 amide bonds. The maximum Gasteiger partial charge on any atom is 0.258 e. The SMILES string of the molecule is C[C@@H]1CCC[C@H](C)N1c1nc2c(c(=O)[nH]1)[C@H](C(=O)Nc1ccc(Cl)cc1)CC(=O)N2. The van der Waals surface area contributed by atoms with Gasteiger partial charge in [-0.25, -0.2) is 0 Å². The van der Waals surface area contributed by atoms with Crippen LogP contribution in [-0.2, 0) is 9.59 Å². The lowest BCUT2D eigenvalue weighted by Gasteiger charge is -2.39. The highest BCUT2D eigenvalue weighted by atomic mass is 35.5. The van der Waals surface area contributed by atoms with Gasteiger partial charge in [0.25, 0.3) is 5.56 Å². The molecule has 158 valence electrons. The van der Waals surface area contributed by atoms with Gasteiger partial charge in [-0.15, -0.1) is 0 Å². The lowest BCUT2D eigenvalue weighted by atomic mass is 9.92. The summed E-state index contributed by atoms with van der Waals surface area (Å²) in [6.07, 6.45) is 3.01. The highest BCUT2D eigenvalue weighted by Gasteiger charge is 2.36. The van der Waals surface area contributed by atoms with Crippen molar-refractivity contribution in [2.24, 2.45) is 0 Å². The van der Waals surface area contributed by atoms with Gasteiger partial charge < -0.3 is 15.5 Å². The van der Waals surface area contributed by atoms with Crippen molar-refractivity contribution in [3.8, 4) is 0 Å². The van der Waals surface area contributed by atoms with Gasteiger partial charge in [-0.1, -0.05) is 11.6 Å². The zero-order valence-electron chi connectivity index (χ0n) is 16.9. The van der Waals surface area contributed by atoms with Crippen LogP contribution < -0.4 is 21.1 Å². The van der Waals surface area contributed by atoms with E-state index in [1.165, 1.54) is 0 Å². The number of H-pyrrole nitrogens is 1. The number of carbonyl (C=O) groups is 2. The first kappa shape index (κ1) is 20.4. The molecule has 0 saturated carbocycles. The van der Waals surface area contributed by atoms with Gasteiger partial charge in [-0.3, -0.25) is 19.4 Å². The minimum Gasteiger partial charge on any atom is -0.337 e. The minimum absolute atomic E-state index is 0.118. The third kappa shape index (κ3) is 3.92. The molecule has 0 unspecified atom stereocenters. The second-order valence-corrected chi connectivity index (χ2v) is 8.43. The maximum atomic E-state index is 13.0. The minimum atomic E-state index is -0.925. The fourth-order valence-electron chi connectivity index (χ4n) is 4.31. The van der Waals surface area contributed by atoms with E-state index in [4.69, 9.17) is 11.6 Å². The molecule has 8 nitrogen and oxygen atoms in total. The quantitative estimate of drug-likeness (QED) is 0.694. The predicted octanol–water partition coefficient (Wildman–Crippen LogP) is 3.26. The molecular weight excluding hydrogens is 406 g/mol. The first-order valence-corrected chi connectivity index (χ1v) is 10.5. The zero-order valence-corrected chi connectivity index (χ0v) is 17.6. The van der Waals surface area contributed by atoms with E-state index in [1.54, 1.807) is 24.3 Å². The Bertz CT molecular complexity index is 1030. The molecule has 0 aliphatic carbocycles. The van der Waals surface area contributed by atoms with Crippen molar-refractivity contribution in [1.29, 1.82) is 0 Å². The van der Waals surface area contributed by atoms with Crippen molar-refractivity contribution < 1.29 is 9.59 Å². The molecule has 1 fully saturated rings. The molecule has 0 radical (unpaired) electrons. The van der Waals surface area contributed by atoms with Crippen molar-refractivity contribution in [2.45, 2.75) is 57.5 Å². The van der Waals surface area contributed by atoms with Crippen LogP contribution in [0.1, 0.15) is 51.0 Å². The Hall–Kier alpha value is -2.87. The molecule has 0 bridgehead atoms. The number of fused-ring (bicyclic) bond motifs is 1. The number of nitrogens with zero attached hydrogens (tertiary/aromatic N) is 2. The lowest BCUT2D eigenvalue weighted by molar-refractivity contribution is -0.123. The number of aromatic amines is 1. The highest BCUT2D eigenvalue weighted by molar-refractivity contribution is 6.30. The third-order valence-corrected chi connectivity index (χ3v) is 6.06. The lowest BCUT2D eigenvalue weighted by Crippen LogP contribution is -2.46. The normalized spacial score (nSPS) is 23.5. The number of benzene rings is 1. The summed E-state index contributed by atoms with van der Waals surface area (Å²) in [5.41, 5.74) is 0.312. The molecular formula is C21H24ClN5O3. The number of piperidine rings is 1. The molecule has 1 aromatic carbocycles. The molecule has 2 aliphatic heterocycles. The van der Waals surface area contributed by atoms with Crippen LogP contribution in [0, 0.1) is 0 Å². The topological polar surface area (TPSA) is 107 Å². The number of amides is 2. The van der Waals surface area contributed by atoms with Crippen molar-refractivity contribution in [3.05, 3.63) is 45.2 Å². The van der Waals surface area contributed by atoms with Gasteiger partial charge in [0.05, 0.1) is 11.5 Å². The van der Waals surface area contributed by atoms with E-state index in [-0.39, 0.29) is 35.8 Å². The van der Waals surface area contributed by atoms with Crippen LogP contribution in [0.4, 0.5) is 17.5 Å². The Morgan fingerprint density at radius 2 is 1.83 bits per heavy atom. The van der Waals surface area contributed by atoms with Crippen LogP contribution in [0.5, 0.6) is 0 Å². The average molecular weight is 430 g/mol. The summed E-state index contributed by atoms with van der Waals surface area (Å²) >= 11 is 5.88. The van der Waals surface area contributed by atoms with Gasteiger partial charge in [0, 0.05) is 29.2 Å². The number of rotatable bonds is 3. The fraction of sp³-hybridized carbons (Fsp3) is 0.429. The van der Waals surface area contributed by atoms with E-state index in [0.29, 0.717) is 16.7 Å². The summed E-state index contributed by atoms with van der Waals surface area (Å²) in [6, 6.07) is 7.07. The van der Waals surface area contributed by atoms with Crippen LogP contribution in [0.15, 0.2) is 29.1 Å². The van der Waals surface area contributed by atoms with Gasteiger partial charge in [0.15, 0.2) is 0 Å². The van der Waals surface area contributed by atoms with Crippen LogP contribution in [0.25, 0.3) is 0 Å². The van der Waals surface area contributed by atoms with Crippen molar-refractivity contribution in [1.82, 2.24) is 9.97 Å². The number of aromatic nitrogens is 2. The highest BCUT2D eigenvalue weighted by Crippen LogP contribution is 2.32. The number of anilines is 3. The van der Waals surface area contributed by atoms with E-state index in [2.05, 4.69) is 39.3 Å². The molecule has 3 heterocycles. The van der Waals surface area contributed by atoms with Crippen molar-refractivity contribution >= 4 is 40.9 Å². The molecule has 9 heteroatoms. The summed E-state index contributed by atoms with van der Waals surface area (Å²) < 4.78 is 0. The molecule has 2 aromatic rings. The van der Waals surface area contributed by atoms with Gasteiger partial charge in [-0.2, -0.15) is 4.98 Å². The molecule has 4 rings (SSSR count). The first-order valence-electron chi connectivity index (χ1n) is 10.1. The summed E-state index contributed by atoms with van der Waals surface area (Å²) in [7, 11) is 0.